The molecule has 4 aliphatic rings. The number of allylic oxidation sites excluding steroid dienone is 1. The number of ketones is 1. The molecule has 1 unspecified atom stereocenters. The predicted molar refractivity (Wildman–Crippen MR) is 135 cm³/mol. The van der Waals surface area contributed by atoms with Crippen LogP contribution in [0.5, 0.6) is 0 Å². The van der Waals surface area contributed by atoms with Gasteiger partial charge in [0.15, 0.2) is 11.9 Å². The summed E-state index contributed by atoms with van der Waals surface area (Å²) in [7, 11) is 0. The van der Waals surface area contributed by atoms with E-state index in [1.54, 1.807) is 37.3 Å². The number of aliphatic hydroxyl groups excluding tert-OH is 1. The summed E-state index contributed by atoms with van der Waals surface area (Å²) in [5.74, 6) is -1.74. The number of benzene rings is 1. The normalized spacial score (nSPS) is 37.9. The average molecular weight is 515 g/mol. The summed E-state index contributed by atoms with van der Waals surface area (Å²) in [6, 6.07) is 8.30. The minimum atomic E-state index is -1.08. The third kappa shape index (κ3) is 4.43. The van der Waals surface area contributed by atoms with Crippen LogP contribution in [0.25, 0.3) is 0 Å². The first-order valence-corrected chi connectivity index (χ1v) is 13.0. The largest absolute Gasteiger partial charge is 0.478 e. The Bertz CT molecular complexity index is 1110. The molecule has 1 heterocycles. The van der Waals surface area contributed by atoms with Crippen molar-refractivity contribution in [3.05, 3.63) is 47.0 Å². The molecule has 7 atom stereocenters. The minimum Gasteiger partial charge on any atom is -0.478 e. The number of aromatic carboxylic acids is 1. The van der Waals surface area contributed by atoms with Gasteiger partial charge in [-0.15, -0.1) is 0 Å². The van der Waals surface area contributed by atoms with Crippen molar-refractivity contribution in [3.63, 3.8) is 0 Å². The number of aliphatic hydroxyl groups is 2. The van der Waals surface area contributed by atoms with Gasteiger partial charge in [-0.2, -0.15) is 0 Å². The number of carboxylic acid groups (broad SMARTS) is 1. The van der Waals surface area contributed by atoms with E-state index in [9.17, 15) is 24.6 Å². The van der Waals surface area contributed by atoms with E-state index < -0.39 is 40.6 Å². The van der Waals surface area contributed by atoms with E-state index >= 15 is 0 Å². The fourth-order valence-corrected chi connectivity index (χ4v) is 7.00. The number of carbonyl (C=O) groups excluding carboxylic acids is 2. The fraction of sp³-hybridized carbons (Fsp3) is 0.621. The molecular weight excluding hydrogens is 476 g/mol. The van der Waals surface area contributed by atoms with E-state index in [-0.39, 0.29) is 23.7 Å². The maximum atomic E-state index is 13.9. The van der Waals surface area contributed by atoms with E-state index in [1.165, 1.54) is 6.92 Å². The predicted octanol–water partition coefficient (Wildman–Crippen LogP) is 3.55. The smallest absolute Gasteiger partial charge is 0.335 e. The molecule has 0 aromatic heterocycles. The van der Waals surface area contributed by atoms with Crippen molar-refractivity contribution < 1.29 is 39.2 Å². The van der Waals surface area contributed by atoms with E-state index in [0.29, 0.717) is 43.4 Å². The standard InChI is InChI=1S/C22H32O6.C7H6O2/c1-11-6-7-22(26)9-14-13-10-27-15(13)8-16(24)21(14,5)19(25)18(28-12(2)23)17(11)20(22,3)4;8-7(9)6-4-2-1-3-5-6/h13-16,18,24,26H,6-10H2,1-5H3;1-5H,(H,8,9)/t13-,14?,15+,16-,18+,21-,22+;/m0./s1. The van der Waals surface area contributed by atoms with Crippen LogP contribution in [0.4, 0.5) is 0 Å². The Morgan fingerprint density at radius 2 is 1.78 bits per heavy atom. The Morgan fingerprint density at radius 3 is 2.30 bits per heavy atom. The molecule has 8 heteroatoms. The van der Waals surface area contributed by atoms with Crippen LogP contribution in [0.1, 0.15) is 70.7 Å². The molecule has 5 rings (SSSR count). The molecule has 3 fully saturated rings. The Hall–Kier alpha value is -2.55. The highest BCUT2D eigenvalue weighted by Crippen LogP contribution is 2.61. The lowest BCUT2D eigenvalue weighted by atomic mass is 9.47. The van der Waals surface area contributed by atoms with Gasteiger partial charge in [-0.3, -0.25) is 9.59 Å². The number of carboxylic acids is 1. The number of rotatable bonds is 2. The van der Waals surface area contributed by atoms with Gasteiger partial charge in [-0.05, 0) is 56.7 Å². The Morgan fingerprint density at radius 1 is 1.14 bits per heavy atom. The van der Waals surface area contributed by atoms with Crippen LogP contribution in [0.3, 0.4) is 0 Å². The third-order valence-electron chi connectivity index (χ3n) is 9.52. The van der Waals surface area contributed by atoms with Crippen molar-refractivity contribution in [1.82, 2.24) is 0 Å². The molecular formula is C29H38O8. The molecule has 0 spiro atoms. The van der Waals surface area contributed by atoms with Gasteiger partial charge >= 0.3 is 11.9 Å². The molecule has 3 N–H and O–H groups in total. The van der Waals surface area contributed by atoms with Crippen LogP contribution in [0.2, 0.25) is 0 Å². The van der Waals surface area contributed by atoms with Gasteiger partial charge in [-0.25, -0.2) is 4.79 Å². The maximum absolute atomic E-state index is 13.9. The van der Waals surface area contributed by atoms with Crippen molar-refractivity contribution in [2.45, 2.75) is 84.2 Å². The van der Waals surface area contributed by atoms with Gasteiger partial charge < -0.3 is 24.8 Å². The molecule has 1 aromatic rings. The highest BCUT2D eigenvalue weighted by Gasteiger charge is 2.66. The number of Topliss-reactive ketones (excluding diaryl/α,β-unsaturated/α-hetero) is 1. The third-order valence-corrected chi connectivity index (χ3v) is 9.52. The number of hydrogen-bond donors (Lipinski definition) is 3. The van der Waals surface area contributed by atoms with Crippen LogP contribution in [-0.2, 0) is 19.1 Å². The molecule has 1 aromatic carbocycles. The van der Waals surface area contributed by atoms with Crippen LogP contribution >= 0.6 is 0 Å². The molecule has 8 nitrogen and oxygen atoms in total. The zero-order valence-corrected chi connectivity index (χ0v) is 22.2. The molecule has 3 aliphatic carbocycles. The first kappa shape index (κ1) is 27.5. The van der Waals surface area contributed by atoms with E-state index in [1.807, 2.05) is 20.8 Å². The SMILES string of the molecule is CC(=O)O[C@H]1C(=O)[C@@]2(C)C(C[C@]3(O)CCC(C)=C1C3(C)C)[C@@H]1CO[C@@H]1C[C@@H]2O.O=C(O)c1ccccc1. The van der Waals surface area contributed by atoms with Crippen molar-refractivity contribution in [3.8, 4) is 0 Å². The van der Waals surface area contributed by atoms with E-state index in [0.717, 1.165) is 5.57 Å². The molecule has 37 heavy (non-hydrogen) atoms. The summed E-state index contributed by atoms with van der Waals surface area (Å²) in [6.07, 6.45) is 0.0623. The molecule has 0 amide bonds. The topological polar surface area (TPSA) is 130 Å². The van der Waals surface area contributed by atoms with Gasteiger partial charge in [0, 0.05) is 24.7 Å². The maximum Gasteiger partial charge on any atom is 0.335 e. The second-order valence-corrected chi connectivity index (χ2v) is 11.8. The molecule has 1 aliphatic heterocycles. The Labute approximate surface area is 217 Å². The van der Waals surface area contributed by atoms with Crippen LogP contribution in [0.15, 0.2) is 41.5 Å². The number of carbonyl (C=O) groups is 3. The van der Waals surface area contributed by atoms with E-state index in [2.05, 4.69) is 0 Å². The summed E-state index contributed by atoms with van der Waals surface area (Å²) in [5, 5.41) is 31.3. The number of esters is 1. The zero-order valence-electron chi connectivity index (χ0n) is 22.2. The quantitative estimate of drug-likeness (QED) is 0.404. The lowest BCUT2D eigenvalue weighted by molar-refractivity contribution is -0.242. The van der Waals surface area contributed by atoms with Crippen molar-refractivity contribution in [2.24, 2.45) is 22.7 Å². The minimum absolute atomic E-state index is 0.0699. The average Bonchev–Trinajstić information content (AvgIpc) is 2.82. The van der Waals surface area contributed by atoms with Gasteiger partial charge in [0.25, 0.3) is 0 Å². The first-order valence-electron chi connectivity index (χ1n) is 13.0. The van der Waals surface area contributed by atoms with Gasteiger partial charge in [-0.1, -0.05) is 37.6 Å². The van der Waals surface area contributed by atoms with Gasteiger partial charge in [0.05, 0.1) is 35.4 Å². The number of fused-ring (bicyclic) bond motifs is 5. The molecule has 202 valence electrons. The van der Waals surface area contributed by atoms with Crippen molar-refractivity contribution in [1.29, 1.82) is 0 Å². The summed E-state index contributed by atoms with van der Waals surface area (Å²) < 4.78 is 11.3. The van der Waals surface area contributed by atoms with Crippen LogP contribution in [0, 0.1) is 22.7 Å². The fourth-order valence-electron chi connectivity index (χ4n) is 7.00. The van der Waals surface area contributed by atoms with Crippen LogP contribution < -0.4 is 0 Å². The highest BCUT2D eigenvalue weighted by molar-refractivity contribution is 5.94. The summed E-state index contributed by atoms with van der Waals surface area (Å²) >= 11 is 0. The monoisotopic (exact) mass is 514 g/mol. The van der Waals surface area contributed by atoms with Crippen molar-refractivity contribution in [2.75, 3.05) is 6.61 Å². The van der Waals surface area contributed by atoms with Gasteiger partial charge in [0.1, 0.15) is 0 Å². The molecule has 1 saturated heterocycles. The number of hydrogen-bond acceptors (Lipinski definition) is 7. The molecule has 2 bridgehead atoms. The Kier molecular flexibility index (Phi) is 7.16. The van der Waals surface area contributed by atoms with E-state index in [4.69, 9.17) is 14.6 Å². The van der Waals surface area contributed by atoms with Crippen LogP contribution in [-0.4, -0.2) is 63.6 Å². The molecule has 0 radical (unpaired) electrons. The lowest BCUT2D eigenvalue weighted by Gasteiger charge is -2.62. The number of ether oxygens (including phenoxy) is 2. The van der Waals surface area contributed by atoms with Gasteiger partial charge in [0.2, 0.25) is 0 Å². The highest BCUT2D eigenvalue weighted by atomic mass is 16.5. The van der Waals surface area contributed by atoms with Crippen molar-refractivity contribution >= 4 is 17.7 Å². The lowest BCUT2D eigenvalue weighted by Crippen LogP contribution is -2.68. The summed E-state index contributed by atoms with van der Waals surface area (Å²) in [4.78, 5) is 36.1. The summed E-state index contributed by atoms with van der Waals surface area (Å²) in [6.45, 7) is 9.49. The Balaban J connectivity index is 0.000000301. The first-order chi connectivity index (χ1) is 17.2. The second-order valence-electron chi connectivity index (χ2n) is 11.8. The zero-order chi connectivity index (χ0) is 27.3. The molecule has 2 saturated carbocycles. The summed E-state index contributed by atoms with van der Waals surface area (Å²) in [5.41, 5.74) is -0.804. The second kappa shape index (κ2) is 9.64.